The quantitative estimate of drug-likeness (QED) is 0.903. The molecule has 1 fully saturated rings. The molecule has 1 unspecified atom stereocenters. The summed E-state index contributed by atoms with van der Waals surface area (Å²) in [4.78, 5) is 2.52. The van der Waals surface area contributed by atoms with E-state index in [0.717, 1.165) is 13.1 Å². The highest BCUT2D eigenvalue weighted by Gasteiger charge is 2.20. The lowest BCUT2D eigenvalue weighted by molar-refractivity contribution is 0.144. The summed E-state index contributed by atoms with van der Waals surface area (Å²) >= 11 is 0. The van der Waals surface area contributed by atoms with Gasteiger partial charge in [-0.15, -0.1) is 12.4 Å². The molecular formula is C15H25ClN2O. The maximum absolute atomic E-state index is 5.86. The fraction of sp³-hybridized carbons (Fsp3) is 0.600. The van der Waals surface area contributed by atoms with Crippen molar-refractivity contribution in [2.75, 3.05) is 20.2 Å². The van der Waals surface area contributed by atoms with Gasteiger partial charge < -0.3 is 10.5 Å². The molecule has 0 aliphatic carbocycles. The molecule has 108 valence electrons. The number of nitrogens with two attached hydrogens (primary N) is 1. The van der Waals surface area contributed by atoms with Crippen molar-refractivity contribution in [3.8, 4) is 0 Å². The van der Waals surface area contributed by atoms with Crippen molar-refractivity contribution in [2.45, 2.75) is 38.5 Å². The highest BCUT2D eigenvalue weighted by Crippen LogP contribution is 2.19. The van der Waals surface area contributed by atoms with Crippen LogP contribution in [0.15, 0.2) is 24.3 Å². The van der Waals surface area contributed by atoms with Crippen molar-refractivity contribution >= 4 is 12.4 Å². The number of halogens is 1. The summed E-state index contributed by atoms with van der Waals surface area (Å²) in [5.41, 5.74) is 8.48. The minimum atomic E-state index is 0. The number of hydrogen-bond acceptors (Lipinski definition) is 3. The number of benzene rings is 1. The van der Waals surface area contributed by atoms with Crippen LogP contribution in [0.25, 0.3) is 0 Å². The minimum absolute atomic E-state index is 0. The van der Waals surface area contributed by atoms with Crippen LogP contribution in [0.1, 0.15) is 30.4 Å². The van der Waals surface area contributed by atoms with Gasteiger partial charge in [-0.25, -0.2) is 0 Å². The van der Waals surface area contributed by atoms with Crippen LogP contribution in [0.5, 0.6) is 0 Å². The number of ether oxygens (including phenoxy) is 1. The molecule has 19 heavy (non-hydrogen) atoms. The first kappa shape index (κ1) is 16.4. The first-order valence-electron chi connectivity index (χ1n) is 6.84. The number of likely N-dealkylation sites (tertiary alicyclic amines) is 1. The van der Waals surface area contributed by atoms with Crippen molar-refractivity contribution < 1.29 is 4.74 Å². The molecule has 1 atom stereocenters. The Morgan fingerprint density at radius 1 is 1.32 bits per heavy atom. The second kappa shape index (κ2) is 8.54. The number of rotatable bonds is 5. The van der Waals surface area contributed by atoms with Gasteiger partial charge in [0.2, 0.25) is 0 Å². The molecule has 1 saturated heterocycles. The van der Waals surface area contributed by atoms with Crippen LogP contribution in [0.4, 0.5) is 0 Å². The smallest absolute Gasteiger partial charge is 0.0713 e. The van der Waals surface area contributed by atoms with Crippen LogP contribution in [0, 0.1) is 0 Å². The monoisotopic (exact) mass is 284 g/mol. The Bertz CT molecular complexity index is 373. The molecule has 0 saturated carbocycles. The first-order valence-corrected chi connectivity index (χ1v) is 6.84. The zero-order valence-electron chi connectivity index (χ0n) is 11.7. The third-order valence-corrected chi connectivity index (χ3v) is 3.71. The largest absolute Gasteiger partial charge is 0.380 e. The van der Waals surface area contributed by atoms with E-state index >= 15 is 0 Å². The third-order valence-electron chi connectivity index (χ3n) is 3.71. The maximum atomic E-state index is 5.86. The molecule has 0 amide bonds. The molecule has 0 spiro atoms. The molecule has 0 aromatic heterocycles. The Morgan fingerprint density at radius 2 is 2.11 bits per heavy atom. The predicted octanol–water partition coefficient (Wildman–Crippen LogP) is 2.57. The van der Waals surface area contributed by atoms with Crippen molar-refractivity contribution in [3.63, 3.8) is 0 Å². The van der Waals surface area contributed by atoms with E-state index in [1.54, 1.807) is 7.11 Å². The highest BCUT2D eigenvalue weighted by molar-refractivity contribution is 5.85. The number of nitrogens with zero attached hydrogens (tertiary/aromatic N) is 1. The van der Waals surface area contributed by atoms with E-state index in [1.807, 2.05) is 0 Å². The Labute approximate surface area is 122 Å². The fourth-order valence-corrected chi connectivity index (χ4v) is 2.75. The summed E-state index contributed by atoms with van der Waals surface area (Å²) < 4.78 is 5.18. The highest BCUT2D eigenvalue weighted by atomic mass is 35.5. The Balaban J connectivity index is 0.00000180. The summed E-state index contributed by atoms with van der Waals surface area (Å²) in [6, 6.07) is 9.23. The standard InChI is InChI=1S/C15H24N2O.ClH/c1-18-12-14-6-4-5-13(9-14)11-17-8-3-2-7-15(17)10-16;/h4-6,9,15H,2-3,7-8,10-12,16H2,1H3;1H. The SMILES string of the molecule is COCc1cccc(CN2CCCCC2CN)c1.Cl. The van der Waals surface area contributed by atoms with E-state index in [2.05, 4.69) is 29.2 Å². The lowest BCUT2D eigenvalue weighted by Crippen LogP contribution is -2.43. The Morgan fingerprint density at radius 3 is 2.84 bits per heavy atom. The van der Waals surface area contributed by atoms with Gasteiger partial charge in [-0.2, -0.15) is 0 Å². The van der Waals surface area contributed by atoms with Crippen LogP contribution in [0.3, 0.4) is 0 Å². The maximum Gasteiger partial charge on any atom is 0.0713 e. The fourth-order valence-electron chi connectivity index (χ4n) is 2.75. The average molecular weight is 285 g/mol. The minimum Gasteiger partial charge on any atom is -0.380 e. The van der Waals surface area contributed by atoms with E-state index in [9.17, 15) is 0 Å². The van der Waals surface area contributed by atoms with E-state index in [-0.39, 0.29) is 12.4 Å². The van der Waals surface area contributed by atoms with E-state index in [4.69, 9.17) is 10.5 Å². The van der Waals surface area contributed by atoms with Crippen LogP contribution in [-0.4, -0.2) is 31.1 Å². The summed E-state index contributed by atoms with van der Waals surface area (Å²) in [5.74, 6) is 0. The van der Waals surface area contributed by atoms with Crippen LogP contribution >= 0.6 is 12.4 Å². The molecule has 2 N–H and O–H groups in total. The molecule has 2 rings (SSSR count). The topological polar surface area (TPSA) is 38.5 Å². The summed E-state index contributed by atoms with van der Waals surface area (Å²) in [7, 11) is 1.74. The lowest BCUT2D eigenvalue weighted by atomic mass is 10.0. The predicted molar refractivity (Wildman–Crippen MR) is 81.5 cm³/mol. The van der Waals surface area contributed by atoms with Gasteiger partial charge in [0, 0.05) is 26.2 Å². The number of hydrogen-bond donors (Lipinski definition) is 1. The second-order valence-corrected chi connectivity index (χ2v) is 5.11. The van der Waals surface area contributed by atoms with Gasteiger partial charge in [0.25, 0.3) is 0 Å². The number of piperidine rings is 1. The van der Waals surface area contributed by atoms with E-state index in [1.165, 1.54) is 36.9 Å². The van der Waals surface area contributed by atoms with Gasteiger partial charge in [-0.1, -0.05) is 30.7 Å². The normalized spacial score (nSPS) is 20.0. The van der Waals surface area contributed by atoms with Crippen molar-refractivity contribution in [1.82, 2.24) is 4.90 Å². The molecule has 0 bridgehead atoms. The van der Waals surface area contributed by atoms with Gasteiger partial charge in [0.1, 0.15) is 0 Å². The second-order valence-electron chi connectivity index (χ2n) is 5.11. The molecule has 0 radical (unpaired) electrons. The van der Waals surface area contributed by atoms with Crippen LogP contribution in [-0.2, 0) is 17.9 Å². The van der Waals surface area contributed by atoms with Gasteiger partial charge in [0.05, 0.1) is 6.61 Å². The van der Waals surface area contributed by atoms with Gasteiger partial charge in [-0.05, 0) is 30.5 Å². The van der Waals surface area contributed by atoms with E-state index < -0.39 is 0 Å². The summed E-state index contributed by atoms with van der Waals surface area (Å²) in [6.45, 7) is 3.65. The van der Waals surface area contributed by atoms with Gasteiger partial charge >= 0.3 is 0 Å². The zero-order valence-corrected chi connectivity index (χ0v) is 12.5. The van der Waals surface area contributed by atoms with E-state index in [0.29, 0.717) is 12.6 Å². The summed E-state index contributed by atoms with van der Waals surface area (Å²) in [6.07, 6.45) is 3.87. The Kier molecular flexibility index (Phi) is 7.39. The van der Waals surface area contributed by atoms with Crippen molar-refractivity contribution in [1.29, 1.82) is 0 Å². The first-order chi connectivity index (χ1) is 8.83. The molecule has 1 heterocycles. The van der Waals surface area contributed by atoms with Gasteiger partial charge in [0.15, 0.2) is 0 Å². The molecule has 1 aliphatic heterocycles. The van der Waals surface area contributed by atoms with Crippen molar-refractivity contribution in [3.05, 3.63) is 35.4 Å². The lowest BCUT2D eigenvalue weighted by Gasteiger charge is -2.35. The molecule has 1 aliphatic rings. The van der Waals surface area contributed by atoms with Crippen molar-refractivity contribution in [2.24, 2.45) is 5.73 Å². The average Bonchev–Trinajstić information content (AvgIpc) is 2.40. The van der Waals surface area contributed by atoms with Crippen LogP contribution < -0.4 is 5.73 Å². The number of methoxy groups -OCH3 is 1. The molecular weight excluding hydrogens is 260 g/mol. The zero-order chi connectivity index (χ0) is 12.8. The third kappa shape index (κ3) is 4.77. The van der Waals surface area contributed by atoms with Crippen LogP contribution in [0.2, 0.25) is 0 Å². The molecule has 3 nitrogen and oxygen atoms in total. The Hall–Kier alpha value is -0.610. The molecule has 1 aromatic carbocycles. The molecule has 4 heteroatoms. The molecule has 1 aromatic rings. The summed E-state index contributed by atoms with van der Waals surface area (Å²) in [5, 5.41) is 0. The van der Waals surface area contributed by atoms with Gasteiger partial charge in [-0.3, -0.25) is 4.90 Å².